The van der Waals surface area contributed by atoms with Gasteiger partial charge in [0.15, 0.2) is 5.16 Å². The Labute approximate surface area is 173 Å². The van der Waals surface area contributed by atoms with Crippen molar-refractivity contribution >= 4 is 29.3 Å². The Morgan fingerprint density at radius 1 is 1.14 bits per heavy atom. The Bertz CT molecular complexity index is 1020. The van der Waals surface area contributed by atoms with Gasteiger partial charge in [-0.25, -0.2) is 0 Å². The Hall–Kier alpha value is -3.13. The zero-order valence-corrected chi connectivity index (χ0v) is 17.0. The van der Waals surface area contributed by atoms with Crippen LogP contribution in [0.2, 0.25) is 0 Å². The van der Waals surface area contributed by atoms with Gasteiger partial charge in [-0.3, -0.25) is 4.79 Å². The van der Waals surface area contributed by atoms with Crippen molar-refractivity contribution in [2.24, 2.45) is 0 Å². The monoisotopic (exact) mass is 409 g/mol. The highest BCUT2D eigenvalue weighted by molar-refractivity contribution is 7.99. The van der Waals surface area contributed by atoms with Gasteiger partial charge in [0.2, 0.25) is 5.91 Å². The maximum Gasteiger partial charge on any atom is 0.234 e. The number of aryl methyl sites for hydroxylation is 1. The predicted octanol–water partition coefficient (Wildman–Crippen LogP) is 2.29. The van der Waals surface area contributed by atoms with Crippen LogP contribution >= 0.6 is 11.8 Å². The second-order valence-electron chi connectivity index (χ2n) is 6.46. The minimum Gasteiger partial charge on any atom is -0.545 e. The molecular formula is C21H21N4O3S-. The van der Waals surface area contributed by atoms with Crippen LogP contribution in [0.5, 0.6) is 0 Å². The van der Waals surface area contributed by atoms with Gasteiger partial charge >= 0.3 is 0 Å². The third-order valence-corrected chi connectivity index (χ3v) is 5.35. The van der Waals surface area contributed by atoms with Gasteiger partial charge in [0, 0.05) is 18.7 Å². The van der Waals surface area contributed by atoms with Gasteiger partial charge in [0.25, 0.3) is 0 Å². The summed E-state index contributed by atoms with van der Waals surface area (Å²) in [6.45, 7) is 4.46. The molecule has 1 aromatic heterocycles. The van der Waals surface area contributed by atoms with Crippen molar-refractivity contribution < 1.29 is 14.7 Å². The minimum absolute atomic E-state index is 0.0804. The number of hydrogen-bond acceptors (Lipinski definition) is 6. The lowest BCUT2D eigenvalue weighted by Gasteiger charge is -2.11. The molecule has 1 amide bonds. The average molecular weight is 409 g/mol. The maximum atomic E-state index is 12.3. The van der Waals surface area contributed by atoms with E-state index in [4.69, 9.17) is 0 Å². The Kier molecular flexibility index (Phi) is 6.66. The summed E-state index contributed by atoms with van der Waals surface area (Å²) in [6, 6.07) is 14.5. The SMILES string of the molecule is CCn1c(Cc2ccccc2)nnc1SCC(=O)Nc1ccc(C(=O)[O-])cc1C. The number of carbonyl (C=O) groups is 2. The van der Waals surface area contributed by atoms with E-state index in [1.165, 1.54) is 23.9 Å². The first-order valence-corrected chi connectivity index (χ1v) is 10.2. The Morgan fingerprint density at radius 2 is 1.90 bits per heavy atom. The molecule has 0 aliphatic carbocycles. The standard InChI is InChI=1S/C21H22N4O3S/c1-3-25-18(12-15-7-5-4-6-8-15)23-24-21(25)29-13-19(26)22-17-10-9-16(20(27)28)11-14(17)2/h4-11H,3,12-13H2,1-2H3,(H,22,26)(H,27,28)/p-1. The fourth-order valence-electron chi connectivity index (χ4n) is 2.90. The second kappa shape index (κ2) is 9.38. The lowest BCUT2D eigenvalue weighted by atomic mass is 10.1. The number of nitrogens with one attached hydrogen (secondary N) is 1. The minimum atomic E-state index is -1.24. The lowest BCUT2D eigenvalue weighted by molar-refractivity contribution is -0.255. The van der Waals surface area contributed by atoms with Crippen LogP contribution in [0.15, 0.2) is 53.7 Å². The van der Waals surface area contributed by atoms with Crippen LogP contribution in [-0.2, 0) is 17.8 Å². The number of thioether (sulfide) groups is 1. The number of aromatic nitrogens is 3. The van der Waals surface area contributed by atoms with Gasteiger partial charge < -0.3 is 19.8 Å². The van der Waals surface area contributed by atoms with Gasteiger partial charge in [0.1, 0.15) is 5.82 Å². The Balaban J connectivity index is 1.62. The summed E-state index contributed by atoms with van der Waals surface area (Å²) in [5, 5.41) is 22.9. The number of anilines is 1. The molecule has 150 valence electrons. The predicted molar refractivity (Wildman–Crippen MR) is 110 cm³/mol. The number of nitrogens with zero attached hydrogens (tertiary/aromatic N) is 3. The van der Waals surface area contributed by atoms with E-state index < -0.39 is 5.97 Å². The molecule has 0 aliphatic rings. The van der Waals surface area contributed by atoms with E-state index in [9.17, 15) is 14.7 Å². The van der Waals surface area contributed by atoms with Crippen molar-refractivity contribution in [1.29, 1.82) is 0 Å². The number of hydrogen-bond donors (Lipinski definition) is 1. The first kappa shape index (κ1) is 20.6. The number of aromatic carboxylic acids is 1. The van der Waals surface area contributed by atoms with Crippen LogP contribution in [0.4, 0.5) is 5.69 Å². The van der Waals surface area contributed by atoms with Crippen molar-refractivity contribution in [2.75, 3.05) is 11.1 Å². The maximum absolute atomic E-state index is 12.3. The van der Waals surface area contributed by atoms with Gasteiger partial charge in [-0.05, 0) is 42.7 Å². The molecule has 0 spiro atoms. The molecule has 2 aromatic carbocycles. The molecular weight excluding hydrogens is 388 g/mol. The molecule has 0 unspecified atom stereocenters. The molecule has 1 heterocycles. The second-order valence-corrected chi connectivity index (χ2v) is 7.40. The van der Waals surface area contributed by atoms with Crippen LogP contribution in [0, 0.1) is 6.92 Å². The third kappa shape index (κ3) is 5.23. The average Bonchev–Trinajstić information content (AvgIpc) is 3.10. The van der Waals surface area contributed by atoms with Crippen molar-refractivity contribution in [3.05, 3.63) is 71.0 Å². The quantitative estimate of drug-likeness (QED) is 0.573. The summed E-state index contributed by atoms with van der Waals surface area (Å²) in [5.74, 6) is -0.415. The van der Waals surface area contributed by atoms with Gasteiger partial charge in [-0.1, -0.05) is 48.2 Å². The highest BCUT2D eigenvalue weighted by Gasteiger charge is 2.14. The molecule has 3 aromatic rings. The van der Waals surface area contributed by atoms with E-state index in [0.29, 0.717) is 29.4 Å². The van der Waals surface area contributed by atoms with E-state index in [0.717, 1.165) is 11.4 Å². The first-order valence-electron chi connectivity index (χ1n) is 9.18. The lowest BCUT2D eigenvalue weighted by Crippen LogP contribution is -2.22. The van der Waals surface area contributed by atoms with E-state index in [2.05, 4.69) is 15.5 Å². The molecule has 0 radical (unpaired) electrons. The number of benzene rings is 2. The van der Waals surface area contributed by atoms with Crippen LogP contribution < -0.4 is 10.4 Å². The zero-order chi connectivity index (χ0) is 20.8. The summed E-state index contributed by atoms with van der Waals surface area (Å²) in [5.41, 5.74) is 2.46. The van der Waals surface area contributed by atoms with Crippen LogP contribution in [0.1, 0.15) is 34.2 Å². The topological polar surface area (TPSA) is 99.9 Å². The normalized spacial score (nSPS) is 10.7. The van der Waals surface area contributed by atoms with Crippen LogP contribution in [0.3, 0.4) is 0 Å². The molecule has 0 atom stereocenters. The van der Waals surface area contributed by atoms with Crippen LogP contribution in [0.25, 0.3) is 0 Å². The summed E-state index contributed by atoms with van der Waals surface area (Å²) < 4.78 is 2.00. The largest absolute Gasteiger partial charge is 0.545 e. The molecule has 0 saturated carbocycles. The zero-order valence-electron chi connectivity index (χ0n) is 16.2. The summed E-state index contributed by atoms with van der Waals surface area (Å²) in [7, 11) is 0. The molecule has 3 rings (SSSR count). The Morgan fingerprint density at radius 3 is 2.55 bits per heavy atom. The number of carbonyl (C=O) groups excluding carboxylic acids is 2. The fourth-order valence-corrected chi connectivity index (χ4v) is 3.72. The van der Waals surface area contributed by atoms with E-state index in [1.54, 1.807) is 13.0 Å². The first-order chi connectivity index (χ1) is 14.0. The molecule has 0 fully saturated rings. The van der Waals surface area contributed by atoms with Crippen molar-refractivity contribution in [3.63, 3.8) is 0 Å². The molecule has 7 nitrogen and oxygen atoms in total. The van der Waals surface area contributed by atoms with E-state index in [-0.39, 0.29) is 17.2 Å². The van der Waals surface area contributed by atoms with Crippen molar-refractivity contribution in [3.8, 4) is 0 Å². The highest BCUT2D eigenvalue weighted by Crippen LogP contribution is 2.21. The van der Waals surface area contributed by atoms with Crippen LogP contribution in [-0.4, -0.2) is 32.4 Å². The molecule has 1 N–H and O–H groups in total. The van der Waals surface area contributed by atoms with E-state index in [1.807, 2.05) is 41.8 Å². The smallest absolute Gasteiger partial charge is 0.234 e. The van der Waals surface area contributed by atoms with Crippen molar-refractivity contribution in [2.45, 2.75) is 32.0 Å². The van der Waals surface area contributed by atoms with Crippen molar-refractivity contribution in [1.82, 2.24) is 14.8 Å². The van der Waals surface area contributed by atoms with E-state index >= 15 is 0 Å². The number of carboxylic acids is 1. The molecule has 29 heavy (non-hydrogen) atoms. The molecule has 8 heteroatoms. The summed E-state index contributed by atoms with van der Waals surface area (Å²) in [4.78, 5) is 23.2. The fraction of sp³-hybridized carbons (Fsp3) is 0.238. The van der Waals surface area contributed by atoms with Gasteiger partial charge in [0.05, 0.1) is 11.7 Å². The van der Waals surface area contributed by atoms with Gasteiger partial charge in [-0.15, -0.1) is 10.2 Å². The van der Waals surface area contributed by atoms with Gasteiger partial charge in [-0.2, -0.15) is 0 Å². The highest BCUT2D eigenvalue weighted by atomic mass is 32.2. The number of carboxylic acid groups (broad SMARTS) is 1. The molecule has 0 bridgehead atoms. The summed E-state index contributed by atoms with van der Waals surface area (Å²) >= 11 is 1.32. The number of amides is 1. The molecule has 0 saturated heterocycles. The number of rotatable bonds is 8. The molecule has 0 aliphatic heterocycles. The summed E-state index contributed by atoms with van der Waals surface area (Å²) in [6.07, 6.45) is 0.679. The third-order valence-electron chi connectivity index (χ3n) is 4.38.